The smallest absolute Gasteiger partial charge is 0.242 e. The van der Waals surface area contributed by atoms with Crippen LogP contribution in [0.1, 0.15) is 0 Å². The van der Waals surface area contributed by atoms with Gasteiger partial charge < -0.3 is 0 Å². The molecular formula is C14H12N6. The Bertz CT molecular complexity index is 672. The van der Waals surface area contributed by atoms with Crippen LogP contribution in [0.2, 0.25) is 0 Å². The molecule has 2 aromatic heterocycles. The van der Waals surface area contributed by atoms with Crippen molar-refractivity contribution in [2.45, 2.75) is 0 Å². The van der Waals surface area contributed by atoms with E-state index in [1.165, 1.54) is 0 Å². The lowest BCUT2D eigenvalue weighted by atomic mass is 10.1. The normalized spacial score (nSPS) is 10.0. The van der Waals surface area contributed by atoms with Gasteiger partial charge in [0.2, 0.25) is 11.9 Å². The minimum Gasteiger partial charge on any atom is -0.266 e. The second-order valence-corrected chi connectivity index (χ2v) is 3.95. The Labute approximate surface area is 115 Å². The fraction of sp³-hybridized carbons (Fsp3) is 0. The van der Waals surface area contributed by atoms with Crippen LogP contribution in [-0.2, 0) is 0 Å². The van der Waals surface area contributed by atoms with Crippen LogP contribution in [0.25, 0.3) is 11.3 Å². The number of hydrogen-bond acceptors (Lipinski definition) is 6. The fourth-order valence-corrected chi connectivity index (χ4v) is 1.66. The van der Waals surface area contributed by atoms with Crippen LogP contribution >= 0.6 is 0 Å². The van der Waals surface area contributed by atoms with Crippen molar-refractivity contribution < 1.29 is 0 Å². The summed E-state index contributed by atoms with van der Waals surface area (Å²) in [5.74, 6) is 0.917. The average molecular weight is 264 g/mol. The second kappa shape index (κ2) is 5.75. The molecule has 0 aliphatic heterocycles. The van der Waals surface area contributed by atoms with E-state index in [1.807, 2.05) is 36.4 Å². The average Bonchev–Trinajstić information content (AvgIpc) is 2.55. The Morgan fingerprint density at radius 3 is 2.15 bits per heavy atom. The van der Waals surface area contributed by atoms with Gasteiger partial charge in [-0.3, -0.25) is 10.9 Å². The molecule has 0 saturated heterocycles. The lowest BCUT2D eigenvalue weighted by Gasteiger charge is -2.07. The van der Waals surface area contributed by atoms with Crippen molar-refractivity contribution in [2.75, 3.05) is 10.9 Å². The van der Waals surface area contributed by atoms with Gasteiger partial charge in [0.25, 0.3) is 0 Å². The molecule has 0 aliphatic rings. The molecule has 0 fully saturated rings. The third-order valence-corrected chi connectivity index (χ3v) is 2.58. The molecular weight excluding hydrogens is 252 g/mol. The first kappa shape index (κ1) is 12.0. The van der Waals surface area contributed by atoms with E-state index in [0.29, 0.717) is 11.9 Å². The SMILES string of the molecule is c1ccc(-c2ccnc(NNc3ncccn3)n2)cc1. The van der Waals surface area contributed by atoms with Crippen molar-refractivity contribution in [1.82, 2.24) is 19.9 Å². The third kappa shape index (κ3) is 2.86. The number of benzene rings is 1. The summed E-state index contributed by atoms with van der Waals surface area (Å²) in [5, 5.41) is 0. The summed E-state index contributed by atoms with van der Waals surface area (Å²) in [6.45, 7) is 0. The number of rotatable bonds is 4. The van der Waals surface area contributed by atoms with Gasteiger partial charge in [-0.05, 0) is 12.1 Å². The van der Waals surface area contributed by atoms with Crippen LogP contribution in [0, 0.1) is 0 Å². The molecule has 0 spiro atoms. The maximum absolute atomic E-state index is 4.42. The van der Waals surface area contributed by atoms with Gasteiger partial charge in [0, 0.05) is 24.2 Å². The molecule has 6 nitrogen and oxygen atoms in total. The molecule has 0 aliphatic carbocycles. The topological polar surface area (TPSA) is 75.6 Å². The standard InChI is InChI=1S/C14H12N6/c1-2-5-11(6-3-1)12-7-10-17-14(18-12)20-19-13-15-8-4-9-16-13/h1-10H,(H,15,16,19)(H,17,18,20). The van der Waals surface area contributed by atoms with Crippen molar-refractivity contribution >= 4 is 11.9 Å². The van der Waals surface area contributed by atoms with Gasteiger partial charge in [0.05, 0.1) is 5.69 Å². The molecule has 0 saturated carbocycles. The Morgan fingerprint density at radius 2 is 1.35 bits per heavy atom. The highest BCUT2D eigenvalue weighted by molar-refractivity contribution is 5.59. The number of nitrogens with one attached hydrogen (secondary N) is 2. The lowest BCUT2D eigenvalue weighted by Crippen LogP contribution is -2.13. The Hall–Kier alpha value is -3.02. The molecule has 0 bridgehead atoms. The van der Waals surface area contributed by atoms with E-state index in [4.69, 9.17) is 0 Å². The summed E-state index contributed by atoms with van der Waals surface area (Å²) in [4.78, 5) is 16.6. The highest BCUT2D eigenvalue weighted by Gasteiger charge is 2.01. The molecule has 0 atom stereocenters. The highest BCUT2D eigenvalue weighted by atomic mass is 15.4. The van der Waals surface area contributed by atoms with Crippen LogP contribution in [0.15, 0.2) is 61.1 Å². The van der Waals surface area contributed by atoms with Crippen LogP contribution in [0.4, 0.5) is 11.9 Å². The molecule has 20 heavy (non-hydrogen) atoms. The van der Waals surface area contributed by atoms with Crippen molar-refractivity contribution in [3.8, 4) is 11.3 Å². The van der Waals surface area contributed by atoms with E-state index in [1.54, 1.807) is 24.7 Å². The largest absolute Gasteiger partial charge is 0.266 e. The predicted molar refractivity (Wildman–Crippen MR) is 76.7 cm³/mol. The van der Waals surface area contributed by atoms with E-state index < -0.39 is 0 Å². The van der Waals surface area contributed by atoms with E-state index in [-0.39, 0.29) is 0 Å². The Balaban J connectivity index is 1.75. The number of anilines is 2. The molecule has 6 heteroatoms. The molecule has 2 heterocycles. The molecule has 1 aromatic carbocycles. The molecule has 2 N–H and O–H groups in total. The number of hydrazine groups is 1. The molecule has 0 unspecified atom stereocenters. The third-order valence-electron chi connectivity index (χ3n) is 2.58. The van der Waals surface area contributed by atoms with Gasteiger partial charge in [-0.25, -0.2) is 19.9 Å². The van der Waals surface area contributed by atoms with Gasteiger partial charge in [0.1, 0.15) is 0 Å². The van der Waals surface area contributed by atoms with Crippen LogP contribution in [-0.4, -0.2) is 19.9 Å². The van der Waals surface area contributed by atoms with E-state index in [0.717, 1.165) is 11.3 Å². The number of aromatic nitrogens is 4. The first-order valence-electron chi connectivity index (χ1n) is 6.09. The molecule has 0 amide bonds. The van der Waals surface area contributed by atoms with Crippen LogP contribution in [0.3, 0.4) is 0 Å². The molecule has 3 aromatic rings. The summed E-state index contributed by atoms with van der Waals surface area (Å²) in [5.41, 5.74) is 7.60. The number of hydrogen-bond donors (Lipinski definition) is 2. The van der Waals surface area contributed by atoms with Crippen LogP contribution < -0.4 is 10.9 Å². The maximum atomic E-state index is 4.42. The van der Waals surface area contributed by atoms with Gasteiger partial charge in [0.15, 0.2) is 0 Å². The Kier molecular flexibility index (Phi) is 3.46. The Morgan fingerprint density at radius 1 is 0.650 bits per heavy atom. The minimum atomic E-state index is 0.457. The first-order chi connectivity index (χ1) is 9.92. The predicted octanol–water partition coefficient (Wildman–Crippen LogP) is 2.37. The quantitative estimate of drug-likeness (QED) is 0.705. The van der Waals surface area contributed by atoms with E-state index >= 15 is 0 Å². The summed E-state index contributed by atoms with van der Waals surface area (Å²) >= 11 is 0. The van der Waals surface area contributed by atoms with Gasteiger partial charge in [-0.2, -0.15) is 0 Å². The second-order valence-electron chi connectivity index (χ2n) is 3.95. The van der Waals surface area contributed by atoms with Crippen molar-refractivity contribution in [2.24, 2.45) is 0 Å². The monoisotopic (exact) mass is 264 g/mol. The lowest BCUT2D eigenvalue weighted by molar-refractivity contribution is 1.09. The van der Waals surface area contributed by atoms with Gasteiger partial charge in [-0.1, -0.05) is 30.3 Å². The van der Waals surface area contributed by atoms with Crippen molar-refractivity contribution in [1.29, 1.82) is 0 Å². The van der Waals surface area contributed by atoms with Crippen LogP contribution in [0.5, 0.6) is 0 Å². The summed E-state index contributed by atoms with van der Waals surface area (Å²) in [7, 11) is 0. The maximum Gasteiger partial charge on any atom is 0.242 e. The number of nitrogens with zero attached hydrogens (tertiary/aromatic N) is 4. The zero-order chi connectivity index (χ0) is 13.6. The summed E-state index contributed by atoms with van der Waals surface area (Å²) < 4.78 is 0. The van der Waals surface area contributed by atoms with E-state index in [9.17, 15) is 0 Å². The highest BCUT2D eigenvalue weighted by Crippen LogP contribution is 2.16. The van der Waals surface area contributed by atoms with Crippen molar-refractivity contribution in [3.05, 3.63) is 61.1 Å². The minimum absolute atomic E-state index is 0.457. The molecule has 3 rings (SSSR count). The zero-order valence-electron chi connectivity index (χ0n) is 10.6. The van der Waals surface area contributed by atoms with Crippen molar-refractivity contribution in [3.63, 3.8) is 0 Å². The van der Waals surface area contributed by atoms with E-state index in [2.05, 4.69) is 30.8 Å². The summed E-state index contributed by atoms with van der Waals surface area (Å²) in [6, 6.07) is 13.5. The zero-order valence-corrected chi connectivity index (χ0v) is 10.6. The van der Waals surface area contributed by atoms with Gasteiger partial charge >= 0.3 is 0 Å². The molecule has 98 valence electrons. The fourth-order valence-electron chi connectivity index (χ4n) is 1.66. The first-order valence-corrected chi connectivity index (χ1v) is 6.09. The molecule has 0 radical (unpaired) electrons. The summed E-state index contributed by atoms with van der Waals surface area (Å²) in [6.07, 6.45) is 5.00. The van der Waals surface area contributed by atoms with Gasteiger partial charge in [-0.15, -0.1) is 0 Å².